The summed E-state index contributed by atoms with van der Waals surface area (Å²) in [7, 11) is 0. The summed E-state index contributed by atoms with van der Waals surface area (Å²) in [6.45, 7) is 9.58. The number of nitrogens with one attached hydrogen (secondary N) is 1. The maximum absolute atomic E-state index is 12.2. The van der Waals surface area contributed by atoms with Gasteiger partial charge in [-0.05, 0) is 51.7 Å². The summed E-state index contributed by atoms with van der Waals surface area (Å²) in [4.78, 5) is 12.2. The van der Waals surface area contributed by atoms with Gasteiger partial charge in [-0.15, -0.1) is 0 Å². The molecule has 3 heteroatoms. The molecule has 0 heterocycles. The van der Waals surface area contributed by atoms with Crippen LogP contribution >= 0.6 is 0 Å². The Labute approximate surface area is 158 Å². The van der Waals surface area contributed by atoms with Gasteiger partial charge in [0, 0.05) is 18.3 Å². The molecule has 0 saturated carbocycles. The normalized spacial score (nSPS) is 11.8. The fourth-order valence-corrected chi connectivity index (χ4v) is 2.37. The molecular formula is C23H33NO2. The molecule has 0 atom stereocenters. The van der Waals surface area contributed by atoms with Crippen molar-refractivity contribution >= 4 is 11.7 Å². The Morgan fingerprint density at radius 3 is 2.50 bits per heavy atom. The Morgan fingerprint density at radius 1 is 1.12 bits per heavy atom. The summed E-state index contributed by atoms with van der Waals surface area (Å²) in [5, 5.41) is 3.34. The third kappa shape index (κ3) is 9.87. The largest absolute Gasteiger partial charge is 0.458 e. The number of benzene rings is 1. The lowest BCUT2D eigenvalue weighted by atomic mass is 10.1. The first-order valence-corrected chi connectivity index (χ1v) is 9.49. The van der Waals surface area contributed by atoms with E-state index in [1.165, 1.54) is 11.1 Å². The highest BCUT2D eigenvalue weighted by atomic mass is 16.5. The first-order chi connectivity index (χ1) is 12.5. The number of ether oxygens (including phenoxy) is 1. The van der Waals surface area contributed by atoms with Crippen LogP contribution in [0.5, 0.6) is 0 Å². The Bertz CT molecular complexity index is 623. The molecule has 0 aromatic heterocycles. The molecule has 142 valence electrons. The molecule has 0 fully saturated rings. The molecule has 1 aromatic carbocycles. The number of carbonyl (C=O) groups is 1. The van der Waals surface area contributed by atoms with Crippen molar-refractivity contribution in [3.63, 3.8) is 0 Å². The molecule has 1 aromatic rings. The van der Waals surface area contributed by atoms with E-state index < -0.39 is 0 Å². The van der Waals surface area contributed by atoms with E-state index >= 15 is 0 Å². The van der Waals surface area contributed by atoms with Crippen molar-refractivity contribution in [2.45, 2.75) is 53.4 Å². The third-order valence-electron chi connectivity index (χ3n) is 3.94. The van der Waals surface area contributed by atoms with Crippen molar-refractivity contribution < 1.29 is 9.53 Å². The molecule has 0 spiro atoms. The van der Waals surface area contributed by atoms with Crippen LogP contribution < -0.4 is 5.32 Å². The SMILES string of the molecule is CCCCN/C(=C\C(=O)OC/C=C(\C)CCC=C(C)C)c1ccccc1. The molecule has 0 radical (unpaired) electrons. The average molecular weight is 356 g/mol. The third-order valence-corrected chi connectivity index (χ3v) is 3.94. The number of carbonyl (C=O) groups excluding carboxylic acids is 1. The first-order valence-electron chi connectivity index (χ1n) is 9.49. The van der Waals surface area contributed by atoms with Crippen molar-refractivity contribution in [1.82, 2.24) is 5.32 Å². The van der Waals surface area contributed by atoms with Crippen LogP contribution in [0.1, 0.15) is 58.9 Å². The molecule has 0 aliphatic rings. The van der Waals surface area contributed by atoms with Crippen LogP contribution in [-0.4, -0.2) is 19.1 Å². The van der Waals surface area contributed by atoms with Gasteiger partial charge in [0.25, 0.3) is 0 Å². The lowest BCUT2D eigenvalue weighted by Gasteiger charge is -2.11. The van der Waals surface area contributed by atoms with Crippen LogP contribution in [0.25, 0.3) is 5.70 Å². The second-order valence-corrected chi connectivity index (χ2v) is 6.71. The Hall–Kier alpha value is -2.29. The van der Waals surface area contributed by atoms with E-state index in [4.69, 9.17) is 4.74 Å². The summed E-state index contributed by atoms with van der Waals surface area (Å²) >= 11 is 0. The van der Waals surface area contributed by atoms with E-state index in [9.17, 15) is 4.79 Å². The second kappa shape index (κ2) is 13.0. The molecule has 0 unspecified atom stereocenters. The zero-order chi connectivity index (χ0) is 19.2. The predicted octanol–water partition coefficient (Wildman–Crippen LogP) is 5.65. The highest BCUT2D eigenvalue weighted by Crippen LogP contribution is 2.12. The fraction of sp³-hybridized carbons (Fsp3) is 0.435. The van der Waals surface area contributed by atoms with E-state index in [0.717, 1.165) is 43.5 Å². The van der Waals surface area contributed by atoms with Gasteiger partial charge in [0.15, 0.2) is 0 Å². The first kappa shape index (κ1) is 21.8. The topological polar surface area (TPSA) is 38.3 Å². The highest BCUT2D eigenvalue weighted by molar-refractivity contribution is 5.90. The molecule has 0 saturated heterocycles. The van der Waals surface area contributed by atoms with E-state index in [2.05, 4.69) is 39.1 Å². The Kier molecular flexibility index (Phi) is 10.9. The molecule has 0 aliphatic heterocycles. The molecule has 1 rings (SSSR count). The van der Waals surface area contributed by atoms with Crippen LogP contribution in [0.2, 0.25) is 0 Å². The maximum Gasteiger partial charge on any atom is 0.333 e. The Balaban J connectivity index is 2.59. The van der Waals surface area contributed by atoms with Gasteiger partial charge in [0.2, 0.25) is 0 Å². The molecule has 0 amide bonds. The molecular weight excluding hydrogens is 322 g/mol. The van der Waals surface area contributed by atoms with Gasteiger partial charge in [0.1, 0.15) is 6.61 Å². The standard InChI is InChI=1S/C23H33NO2/c1-5-6-16-24-22(21-13-8-7-9-14-21)18-23(25)26-17-15-20(4)12-10-11-19(2)3/h7-9,11,13-15,18,24H,5-6,10,12,16-17H2,1-4H3/b20-15+,22-18-. The minimum absolute atomic E-state index is 0.313. The number of hydrogen-bond donors (Lipinski definition) is 1. The van der Waals surface area contributed by atoms with E-state index in [-0.39, 0.29) is 5.97 Å². The minimum atomic E-state index is -0.318. The summed E-state index contributed by atoms with van der Waals surface area (Å²) in [6, 6.07) is 9.88. The molecule has 3 nitrogen and oxygen atoms in total. The van der Waals surface area contributed by atoms with Crippen molar-refractivity contribution in [1.29, 1.82) is 0 Å². The average Bonchev–Trinajstić information content (AvgIpc) is 2.61. The van der Waals surface area contributed by atoms with Gasteiger partial charge < -0.3 is 10.1 Å². The van der Waals surface area contributed by atoms with Gasteiger partial charge in [-0.25, -0.2) is 4.79 Å². The van der Waals surface area contributed by atoms with Gasteiger partial charge >= 0.3 is 5.97 Å². The number of hydrogen-bond acceptors (Lipinski definition) is 3. The zero-order valence-electron chi connectivity index (χ0n) is 16.7. The van der Waals surface area contributed by atoms with Crippen LogP contribution in [-0.2, 0) is 9.53 Å². The fourth-order valence-electron chi connectivity index (χ4n) is 2.37. The van der Waals surface area contributed by atoms with Gasteiger partial charge in [0.05, 0.1) is 0 Å². The lowest BCUT2D eigenvalue weighted by molar-refractivity contribution is -0.136. The van der Waals surface area contributed by atoms with Crippen molar-refractivity contribution in [3.8, 4) is 0 Å². The zero-order valence-corrected chi connectivity index (χ0v) is 16.7. The van der Waals surface area contributed by atoms with Crippen LogP contribution in [0, 0.1) is 0 Å². The van der Waals surface area contributed by atoms with E-state index in [1.54, 1.807) is 6.08 Å². The van der Waals surface area contributed by atoms with Crippen molar-refractivity contribution in [2.24, 2.45) is 0 Å². The van der Waals surface area contributed by atoms with Gasteiger partial charge in [-0.3, -0.25) is 0 Å². The summed E-state index contributed by atoms with van der Waals surface area (Å²) in [5.74, 6) is -0.318. The Morgan fingerprint density at radius 2 is 1.85 bits per heavy atom. The second-order valence-electron chi connectivity index (χ2n) is 6.71. The maximum atomic E-state index is 12.2. The van der Waals surface area contributed by atoms with E-state index in [0.29, 0.717) is 6.61 Å². The number of rotatable bonds is 11. The lowest BCUT2D eigenvalue weighted by Crippen LogP contribution is -2.15. The predicted molar refractivity (Wildman–Crippen MR) is 111 cm³/mol. The van der Waals surface area contributed by atoms with Crippen LogP contribution in [0.4, 0.5) is 0 Å². The molecule has 1 N–H and O–H groups in total. The molecule has 0 bridgehead atoms. The quantitative estimate of drug-likeness (QED) is 0.241. The highest BCUT2D eigenvalue weighted by Gasteiger charge is 2.05. The molecule has 26 heavy (non-hydrogen) atoms. The monoisotopic (exact) mass is 355 g/mol. The van der Waals surface area contributed by atoms with Gasteiger partial charge in [-0.1, -0.05) is 60.9 Å². The van der Waals surface area contributed by atoms with Crippen molar-refractivity contribution in [2.75, 3.05) is 13.2 Å². The number of allylic oxidation sites excluding steroid dienone is 3. The van der Waals surface area contributed by atoms with Gasteiger partial charge in [-0.2, -0.15) is 0 Å². The minimum Gasteiger partial charge on any atom is -0.458 e. The molecule has 0 aliphatic carbocycles. The number of unbranched alkanes of at least 4 members (excludes halogenated alkanes) is 1. The summed E-state index contributed by atoms with van der Waals surface area (Å²) < 4.78 is 5.35. The summed E-state index contributed by atoms with van der Waals surface area (Å²) in [6.07, 6.45) is 9.95. The van der Waals surface area contributed by atoms with E-state index in [1.807, 2.05) is 36.4 Å². The van der Waals surface area contributed by atoms with Crippen LogP contribution in [0.15, 0.2) is 59.7 Å². The summed E-state index contributed by atoms with van der Waals surface area (Å²) in [5.41, 5.74) is 4.38. The van der Waals surface area contributed by atoms with Crippen LogP contribution in [0.3, 0.4) is 0 Å². The number of esters is 1. The van der Waals surface area contributed by atoms with Crippen molar-refractivity contribution in [3.05, 3.63) is 65.3 Å². The smallest absolute Gasteiger partial charge is 0.333 e.